The van der Waals surface area contributed by atoms with Crippen LogP contribution in [0.5, 0.6) is 0 Å². The van der Waals surface area contributed by atoms with Crippen LogP contribution in [0.2, 0.25) is 10.3 Å². The van der Waals surface area contributed by atoms with Gasteiger partial charge in [0.25, 0.3) is 0 Å². The average molecular weight is 968 g/mol. The SMILES string of the molecule is ClCCl.O=Cc1cnc(NCC2CCC(Nc3ccc4ccnc(Cl)c4n3)CC2)nc1.OCc1cnc(NCC2CCC(Nc3ccc4ccnc(Cl)c4n3)CC2)nc1.[O]=[Mn]=[O]. The van der Waals surface area contributed by atoms with Crippen molar-refractivity contribution in [3.05, 3.63) is 95.0 Å². The number of aliphatic hydroxyl groups is 1. The monoisotopic (exact) mass is 965 g/mol. The second-order valence-corrected chi connectivity index (χ2v) is 16.1. The number of rotatable bonds is 12. The van der Waals surface area contributed by atoms with Crippen LogP contribution < -0.4 is 21.3 Å². The van der Waals surface area contributed by atoms with E-state index in [0.29, 0.717) is 51.7 Å². The van der Waals surface area contributed by atoms with E-state index in [2.05, 4.69) is 61.1 Å². The van der Waals surface area contributed by atoms with Gasteiger partial charge in [-0.25, -0.2) is 39.9 Å². The van der Waals surface area contributed by atoms with E-state index in [1.165, 1.54) is 12.4 Å². The fourth-order valence-corrected chi connectivity index (χ4v) is 7.53. The van der Waals surface area contributed by atoms with Crippen molar-refractivity contribution < 1.29 is 32.4 Å². The number of pyridine rings is 4. The van der Waals surface area contributed by atoms with Gasteiger partial charge in [-0.2, -0.15) is 0 Å². The van der Waals surface area contributed by atoms with Crippen LogP contribution in [0, 0.1) is 11.8 Å². The average Bonchev–Trinajstić information content (AvgIpc) is 3.30. The Bertz CT molecular complexity index is 2340. The van der Waals surface area contributed by atoms with E-state index in [-0.39, 0.29) is 11.9 Å². The summed E-state index contributed by atoms with van der Waals surface area (Å²) in [4.78, 5) is 44.8. The Hall–Kier alpha value is -4.61. The van der Waals surface area contributed by atoms with Crippen LogP contribution >= 0.6 is 46.4 Å². The molecule has 21 heteroatoms. The van der Waals surface area contributed by atoms with Crippen molar-refractivity contribution in [2.24, 2.45) is 11.8 Å². The number of fused-ring (bicyclic) bond motifs is 2. The van der Waals surface area contributed by atoms with E-state index >= 15 is 0 Å². The number of aromatic nitrogens is 8. The number of hydrogen-bond acceptors (Lipinski definition) is 16. The van der Waals surface area contributed by atoms with Crippen molar-refractivity contribution in [1.82, 2.24) is 39.9 Å². The molecule has 0 aliphatic heterocycles. The van der Waals surface area contributed by atoms with Crippen LogP contribution in [0.1, 0.15) is 67.3 Å². The van der Waals surface area contributed by atoms with Gasteiger partial charge in [-0.15, -0.1) is 23.2 Å². The number of nitrogens with one attached hydrogen (secondary N) is 4. The van der Waals surface area contributed by atoms with Crippen LogP contribution in [0.4, 0.5) is 23.5 Å². The van der Waals surface area contributed by atoms with Gasteiger partial charge in [0, 0.05) is 78.7 Å². The van der Waals surface area contributed by atoms with Gasteiger partial charge in [0.05, 0.1) is 17.5 Å². The zero-order chi connectivity index (χ0) is 44.1. The van der Waals surface area contributed by atoms with Gasteiger partial charge in [-0.05, 0) is 99.6 Å². The van der Waals surface area contributed by atoms with Crippen molar-refractivity contribution in [3.8, 4) is 0 Å². The molecule has 62 heavy (non-hydrogen) atoms. The summed E-state index contributed by atoms with van der Waals surface area (Å²) in [5.74, 6) is 4.05. The van der Waals surface area contributed by atoms with E-state index in [4.69, 9.17) is 59.2 Å². The molecule has 0 unspecified atom stereocenters. The molecule has 2 aliphatic carbocycles. The molecule has 0 aromatic carbocycles. The van der Waals surface area contributed by atoms with Gasteiger partial charge in [0.2, 0.25) is 11.9 Å². The molecule has 0 saturated heterocycles. The molecular formula is C41H46Cl4MnN12O4. The molecule has 6 heterocycles. The van der Waals surface area contributed by atoms with Crippen LogP contribution in [-0.4, -0.2) is 81.8 Å². The number of carbonyl (C=O) groups excluding carboxylic acids is 1. The van der Waals surface area contributed by atoms with Crippen molar-refractivity contribution >= 4 is 98.0 Å². The number of hydrogen-bond donors (Lipinski definition) is 5. The van der Waals surface area contributed by atoms with Crippen LogP contribution in [0.25, 0.3) is 21.8 Å². The zero-order valence-corrected chi connectivity index (χ0v) is 37.6. The maximum atomic E-state index is 10.6. The molecule has 6 aromatic heterocycles. The van der Waals surface area contributed by atoms with E-state index in [9.17, 15) is 4.79 Å². The molecule has 2 aliphatic rings. The summed E-state index contributed by atoms with van der Waals surface area (Å²) >= 11 is 20.4. The first-order valence-electron chi connectivity index (χ1n) is 19.8. The summed E-state index contributed by atoms with van der Waals surface area (Å²) in [7, 11) is 0. The van der Waals surface area contributed by atoms with Crippen molar-refractivity contribution in [1.29, 1.82) is 0 Å². The molecule has 5 N–H and O–H groups in total. The second kappa shape index (κ2) is 26.1. The van der Waals surface area contributed by atoms with Crippen molar-refractivity contribution in [2.75, 3.05) is 39.7 Å². The number of halogens is 4. The molecule has 0 bridgehead atoms. The van der Waals surface area contributed by atoms with Crippen LogP contribution in [0.3, 0.4) is 0 Å². The third kappa shape index (κ3) is 15.3. The Morgan fingerprint density at radius 3 is 1.42 bits per heavy atom. The van der Waals surface area contributed by atoms with Crippen LogP contribution in [-0.2, 0) is 29.1 Å². The van der Waals surface area contributed by atoms with E-state index < -0.39 is 14.8 Å². The Labute approximate surface area is 384 Å². The standard InChI is InChI=1S/C20H23ClN6O.C20H21ClN6O.CH2Cl2.Mn.2O/c2*21-19-18-15(7-8-22-19)3-6-17(27-18)26-16-4-1-13(2-5-16)9-23-20-24-10-14(12-28)11-25-20;2-1-3;;;/h3,6-8,10-11,13,16,28H,1-2,4-5,9,12H2,(H,26,27)(H,23,24,25);3,6-8,10-13,16H,1-2,4-5,9H2,(H,26,27)(H,23,24,25);1H2;;;. The van der Waals surface area contributed by atoms with Gasteiger partial charge in [0.1, 0.15) is 22.7 Å². The Kier molecular flexibility index (Phi) is 20.4. The number of aliphatic hydroxyl groups excluding tert-OH is 1. The third-order valence-corrected chi connectivity index (χ3v) is 10.9. The Morgan fingerprint density at radius 2 is 1.03 bits per heavy atom. The summed E-state index contributed by atoms with van der Waals surface area (Å²) in [6.07, 6.45) is 19.3. The second-order valence-electron chi connectivity index (χ2n) is 14.4. The number of alkyl halides is 2. The molecule has 6 aromatic rings. The minimum atomic E-state index is -1.44. The molecule has 0 spiro atoms. The Balaban J connectivity index is 0.000000208. The summed E-state index contributed by atoms with van der Waals surface area (Å²) in [5.41, 5.74) is 2.67. The molecule has 0 radical (unpaired) electrons. The van der Waals surface area contributed by atoms with Gasteiger partial charge >= 0.3 is 22.5 Å². The normalized spacial score (nSPS) is 18.0. The van der Waals surface area contributed by atoms with Gasteiger partial charge < -0.3 is 26.4 Å². The fourth-order valence-electron chi connectivity index (χ4n) is 7.12. The van der Waals surface area contributed by atoms with Gasteiger partial charge in [0.15, 0.2) is 16.6 Å². The van der Waals surface area contributed by atoms with Crippen molar-refractivity contribution in [3.63, 3.8) is 0 Å². The summed E-state index contributed by atoms with van der Waals surface area (Å²) < 4.78 is 16.8. The predicted molar refractivity (Wildman–Crippen MR) is 238 cm³/mol. The molecule has 0 atom stereocenters. The van der Waals surface area contributed by atoms with E-state index in [0.717, 1.165) is 110 Å². The number of carbonyl (C=O) groups is 1. The quantitative estimate of drug-likeness (QED) is 0.0335. The van der Waals surface area contributed by atoms with E-state index in [1.54, 1.807) is 24.8 Å². The molecule has 8 rings (SSSR count). The Morgan fingerprint density at radius 1 is 0.629 bits per heavy atom. The molecule has 329 valence electrons. The van der Waals surface area contributed by atoms with Gasteiger partial charge in [-0.3, -0.25) is 4.79 Å². The first kappa shape index (κ1) is 48.4. The molecule has 16 nitrogen and oxygen atoms in total. The predicted octanol–water partition coefficient (Wildman–Crippen LogP) is 8.80. The minimum absolute atomic E-state index is 0.0356. The summed E-state index contributed by atoms with van der Waals surface area (Å²) in [6, 6.07) is 12.7. The van der Waals surface area contributed by atoms with Gasteiger partial charge in [-0.1, -0.05) is 23.2 Å². The molecule has 0 amide bonds. The summed E-state index contributed by atoms with van der Waals surface area (Å²) in [5, 5.41) is 25.7. The van der Waals surface area contributed by atoms with E-state index in [1.807, 2.05) is 36.4 Å². The van der Waals surface area contributed by atoms with Crippen LogP contribution in [0.15, 0.2) is 73.6 Å². The zero-order valence-electron chi connectivity index (χ0n) is 33.4. The summed E-state index contributed by atoms with van der Waals surface area (Å²) in [6.45, 7) is 1.66. The molecule has 2 fully saturated rings. The molecule has 2 saturated carbocycles. The van der Waals surface area contributed by atoms with Crippen molar-refractivity contribution in [2.45, 2.75) is 70.1 Å². The fraction of sp³-hybridized carbons (Fsp3) is 0.390. The molecular weight excluding hydrogens is 921 g/mol. The first-order chi connectivity index (χ1) is 30.2. The number of aldehydes is 1. The topological polar surface area (TPSA) is 223 Å². The first-order valence-corrected chi connectivity index (χ1v) is 22.6. The number of anilines is 4. The number of nitrogens with zero attached hydrogens (tertiary/aromatic N) is 8. The maximum absolute atomic E-state index is 10.6. The third-order valence-electron chi connectivity index (χ3n) is 10.3.